The van der Waals surface area contributed by atoms with Crippen molar-refractivity contribution >= 4 is 11.8 Å². The molecule has 0 amide bonds. The Morgan fingerprint density at radius 2 is 2.10 bits per heavy atom. The highest BCUT2D eigenvalue weighted by Gasteiger charge is 2.24. The summed E-state index contributed by atoms with van der Waals surface area (Å²) in [5.41, 5.74) is 1.26. The number of benzene rings is 1. The number of ether oxygens (including phenoxy) is 2. The van der Waals surface area contributed by atoms with E-state index in [0.717, 1.165) is 24.3 Å². The Morgan fingerprint density at radius 3 is 2.79 bits per heavy atom. The number of anilines is 1. The minimum atomic E-state index is -0.251. The lowest BCUT2D eigenvalue weighted by Crippen LogP contribution is -2.21. The molecule has 2 aromatic rings. The molecule has 0 bridgehead atoms. The molecule has 29 heavy (non-hydrogen) atoms. The summed E-state index contributed by atoms with van der Waals surface area (Å²) < 4.78 is 10.8. The molecule has 1 aromatic heterocycles. The van der Waals surface area contributed by atoms with E-state index in [9.17, 15) is 10.1 Å². The molecule has 1 aromatic carbocycles. The van der Waals surface area contributed by atoms with Crippen molar-refractivity contribution in [2.24, 2.45) is 5.41 Å². The number of hydrogen-bond donors (Lipinski definition) is 1. The molecular formula is C23H29N3O3. The topological polar surface area (TPSA) is 84.2 Å². The summed E-state index contributed by atoms with van der Waals surface area (Å²) in [5.74, 6) is 1.22. The van der Waals surface area contributed by atoms with Gasteiger partial charge in [0.15, 0.2) is 0 Å². The lowest BCUT2D eigenvalue weighted by Gasteiger charge is -2.23. The maximum atomic E-state index is 11.8. The Labute approximate surface area is 172 Å². The third-order valence-electron chi connectivity index (χ3n) is 4.33. The van der Waals surface area contributed by atoms with Crippen LogP contribution in [0.2, 0.25) is 0 Å². The van der Waals surface area contributed by atoms with Crippen molar-refractivity contribution < 1.29 is 14.3 Å². The SMILES string of the molecule is CCOC(=O)CC(C)(C)Cc1ccc(OCCCNc2ccccn2)c(C#N)c1. The Balaban J connectivity index is 1.86. The van der Waals surface area contributed by atoms with E-state index in [2.05, 4.69) is 16.4 Å². The summed E-state index contributed by atoms with van der Waals surface area (Å²) in [6.07, 6.45) is 3.54. The van der Waals surface area contributed by atoms with Crippen molar-refractivity contribution in [3.8, 4) is 11.8 Å². The molecule has 0 radical (unpaired) electrons. The van der Waals surface area contributed by atoms with Crippen LogP contribution in [0.5, 0.6) is 5.75 Å². The largest absolute Gasteiger partial charge is 0.492 e. The van der Waals surface area contributed by atoms with Gasteiger partial charge in [0, 0.05) is 12.7 Å². The van der Waals surface area contributed by atoms with Crippen molar-refractivity contribution in [3.63, 3.8) is 0 Å². The summed E-state index contributed by atoms with van der Waals surface area (Å²) in [7, 11) is 0. The summed E-state index contributed by atoms with van der Waals surface area (Å²) in [4.78, 5) is 16.0. The fourth-order valence-electron chi connectivity index (χ4n) is 3.06. The number of nitriles is 1. The van der Waals surface area contributed by atoms with Gasteiger partial charge in [0.1, 0.15) is 17.6 Å². The van der Waals surface area contributed by atoms with Crippen LogP contribution in [0.15, 0.2) is 42.6 Å². The van der Waals surface area contributed by atoms with Crippen molar-refractivity contribution in [2.75, 3.05) is 25.1 Å². The number of nitrogens with one attached hydrogen (secondary N) is 1. The zero-order chi connectivity index (χ0) is 21.1. The fourth-order valence-corrected chi connectivity index (χ4v) is 3.06. The second kappa shape index (κ2) is 11.1. The molecule has 154 valence electrons. The van der Waals surface area contributed by atoms with E-state index in [1.54, 1.807) is 13.1 Å². The van der Waals surface area contributed by atoms with Crippen LogP contribution in [-0.4, -0.2) is 30.7 Å². The van der Waals surface area contributed by atoms with Gasteiger partial charge in [-0.1, -0.05) is 26.0 Å². The van der Waals surface area contributed by atoms with Gasteiger partial charge in [-0.3, -0.25) is 4.79 Å². The fraction of sp³-hybridized carbons (Fsp3) is 0.435. The highest BCUT2D eigenvalue weighted by atomic mass is 16.5. The number of carbonyl (C=O) groups excluding carboxylic acids is 1. The lowest BCUT2D eigenvalue weighted by molar-refractivity contribution is -0.145. The molecule has 0 aliphatic carbocycles. The predicted octanol–water partition coefficient (Wildman–Crippen LogP) is 4.36. The normalized spacial score (nSPS) is 10.8. The molecule has 0 atom stereocenters. The third-order valence-corrected chi connectivity index (χ3v) is 4.33. The van der Waals surface area contributed by atoms with Gasteiger partial charge in [0.05, 0.1) is 25.2 Å². The van der Waals surface area contributed by atoms with Gasteiger partial charge >= 0.3 is 5.97 Å². The average Bonchev–Trinajstić information content (AvgIpc) is 2.68. The number of hydrogen-bond acceptors (Lipinski definition) is 6. The number of rotatable bonds is 11. The van der Waals surface area contributed by atoms with Crippen molar-refractivity contribution in [1.82, 2.24) is 4.98 Å². The number of aromatic nitrogens is 1. The number of nitrogens with zero attached hydrogens (tertiary/aromatic N) is 2. The van der Waals surface area contributed by atoms with Gasteiger partial charge in [0.2, 0.25) is 0 Å². The molecule has 0 saturated heterocycles. The number of carbonyl (C=O) groups is 1. The van der Waals surface area contributed by atoms with Gasteiger partial charge in [0.25, 0.3) is 0 Å². The van der Waals surface area contributed by atoms with Gasteiger partial charge in [-0.2, -0.15) is 5.26 Å². The van der Waals surface area contributed by atoms with Crippen LogP contribution >= 0.6 is 0 Å². The minimum absolute atomic E-state index is 0.197. The quantitative estimate of drug-likeness (QED) is 0.450. The molecule has 2 rings (SSSR count). The molecule has 0 saturated carbocycles. The standard InChI is InChI=1S/C23H29N3O3/c1-4-28-22(27)16-23(2,3)15-18-9-10-20(19(14-18)17-24)29-13-7-12-26-21-8-5-6-11-25-21/h5-6,8-11,14H,4,7,12-13,15-16H2,1-3H3,(H,25,26). The zero-order valence-corrected chi connectivity index (χ0v) is 17.4. The highest BCUT2D eigenvalue weighted by molar-refractivity contribution is 5.70. The van der Waals surface area contributed by atoms with Crippen LogP contribution in [0.4, 0.5) is 5.82 Å². The van der Waals surface area contributed by atoms with Crippen molar-refractivity contribution in [1.29, 1.82) is 5.26 Å². The predicted molar refractivity (Wildman–Crippen MR) is 113 cm³/mol. The molecule has 0 spiro atoms. The Morgan fingerprint density at radius 1 is 1.28 bits per heavy atom. The maximum absolute atomic E-state index is 11.8. The average molecular weight is 396 g/mol. The van der Waals surface area contributed by atoms with E-state index >= 15 is 0 Å². The first-order valence-electron chi connectivity index (χ1n) is 9.90. The highest BCUT2D eigenvalue weighted by Crippen LogP contribution is 2.29. The second-order valence-corrected chi connectivity index (χ2v) is 7.61. The van der Waals surface area contributed by atoms with Gasteiger partial charge < -0.3 is 14.8 Å². The van der Waals surface area contributed by atoms with Crippen LogP contribution in [0.1, 0.15) is 44.7 Å². The van der Waals surface area contributed by atoms with E-state index < -0.39 is 0 Å². The molecule has 0 aliphatic rings. The second-order valence-electron chi connectivity index (χ2n) is 7.61. The van der Waals surface area contributed by atoms with E-state index in [1.165, 1.54) is 0 Å². The summed E-state index contributed by atoms with van der Waals surface area (Å²) in [5, 5.41) is 12.7. The lowest BCUT2D eigenvalue weighted by atomic mass is 9.82. The first-order chi connectivity index (χ1) is 13.9. The smallest absolute Gasteiger partial charge is 0.306 e. The summed E-state index contributed by atoms with van der Waals surface area (Å²) in [6.45, 7) is 7.47. The Bertz CT molecular complexity index is 829. The molecule has 1 heterocycles. The van der Waals surface area contributed by atoms with Crippen LogP contribution in [0.3, 0.4) is 0 Å². The molecule has 0 unspecified atom stereocenters. The first kappa shape index (κ1) is 22.2. The van der Waals surface area contributed by atoms with E-state index in [-0.39, 0.29) is 11.4 Å². The van der Waals surface area contributed by atoms with Crippen molar-refractivity contribution in [2.45, 2.75) is 40.0 Å². The first-order valence-corrected chi connectivity index (χ1v) is 9.90. The van der Waals surface area contributed by atoms with Crippen LogP contribution in [0.25, 0.3) is 0 Å². The number of esters is 1. The monoisotopic (exact) mass is 395 g/mol. The molecule has 6 heteroatoms. The molecule has 6 nitrogen and oxygen atoms in total. The molecular weight excluding hydrogens is 366 g/mol. The minimum Gasteiger partial charge on any atom is -0.492 e. The van der Waals surface area contributed by atoms with E-state index in [0.29, 0.717) is 37.4 Å². The number of pyridine rings is 1. The summed E-state index contributed by atoms with van der Waals surface area (Å²) >= 11 is 0. The van der Waals surface area contributed by atoms with Gasteiger partial charge in [-0.05, 0) is 55.0 Å². The van der Waals surface area contributed by atoms with E-state index in [4.69, 9.17) is 9.47 Å². The van der Waals surface area contributed by atoms with Crippen LogP contribution < -0.4 is 10.1 Å². The molecule has 1 N–H and O–H groups in total. The van der Waals surface area contributed by atoms with Crippen LogP contribution in [-0.2, 0) is 16.0 Å². The van der Waals surface area contributed by atoms with Gasteiger partial charge in [-0.15, -0.1) is 0 Å². The zero-order valence-electron chi connectivity index (χ0n) is 17.4. The molecule has 0 fully saturated rings. The van der Waals surface area contributed by atoms with Gasteiger partial charge in [-0.25, -0.2) is 4.98 Å². The summed E-state index contributed by atoms with van der Waals surface area (Å²) in [6, 6.07) is 13.6. The molecule has 0 aliphatic heterocycles. The maximum Gasteiger partial charge on any atom is 0.306 e. The van der Waals surface area contributed by atoms with Crippen molar-refractivity contribution in [3.05, 3.63) is 53.7 Å². The Hall–Kier alpha value is -3.07. The van der Waals surface area contributed by atoms with E-state index in [1.807, 2.05) is 50.2 Å². The van der Waals surface area contributed by atoms with Crippen LogP contribution in [0, 0.1) is 16.7 Å². The Kier molecular flexibility index (Phi) is 8.47. The third kappa shape index (κ3) is 7.82.